The minimum atomic E-state index is -0.224. The van der Waals surface area contributed by atoms with Gasteiger partial charge in [-0.15, -0.1) is 0 Å². The minimum Gasteiger partial charge on any atom is -0.370 e. The molecule has 0 radical (unpaired) electrons. The molecule has 4 aromatic rings. The number of hydrogen-bond donors (Lipinski definition) is 0. The Bertz CT molecular complexity index is 1330. The van der Waals surface area contributed by atoms with Crippen LogP contribution in [-0.4, -0.2) is 76.8 Å². The van der Waals surface area contributed by atoms with Crippen molar-refractivity contribution in [3.05, 3.63) is 60.3 Å². The Morgan fingerprint density at radius 3 is 2.53 bits per heavy atom. The molecule has 6 rings (SSSR count). The molecule has 0 spiro atoms. The SMILES string of the molecule is Cc1cc2c(-c3cnn4cc(N5CCC(N6CCN(C)CC6)CC5)ccc34)ccnc2cc1F. The molecule has 0 unspecified atom stereocenters. The molecule has 0 atom stereocenters. The lowest BCUT2D eigenvalue weighted by Crippen LogP contribution is -2.52. The minimum absolute atomic E-state index is 0.224. The first-order valence-corrected chi connectivity index (χ1v) is 12.3. The summed E-state index contributed by atoms with van der Waals surface area (Å²) in [5.74, 6) is -0.224. The highest BCUT2D eigenvalue weighted by atomic mass is 19.1. The number of aryl methyl sites for hydroxylation is 1. The molecule has 3 aromatic heterocycles. The third-order valence-electron chi connectivity index (χ3n) is 7.70. The average Bonchev–Trinajstić information content (AvgIpc) is 3.28. The van der Waals surface area contributed by atoms with E-state index in [0.29, 0.717) is 17.1 Å². The second kappa shape index (κ2) is 8.64. The number of aromatic nitrogens is 3. The Labute approximate surface area is 199 Å². The molecular weight excluding hydrogens is 427 g/mol. The zero-order chi connectivity index (χ0) is 23.2. The number of rotatable bonds is 3. The third-order valence-corrected chi connectivity index (χ3v) is 7.70. The van der Waals surface area contributed by atoms with Crippen molar-refractivity contribution >= 4 is 22.1 Å². The number of halogens is 1. The van der Waals surface area contributed by atoms with Crippen molar-refractivity contribution in [2.45, 2.75) is 25.8 Å². The van der Waals surface area contributed by atoms with Gasteiger partial charge in [-0.1, -0.05) is 0 Å². The van der Waals surface area contributed by atoms with Gasteiger partial charge in [0.2, 0.25) is 0 Å². The van der Waals surface area contributed by atoms with Gasteiger partial charge in [0.1, 0.15) is 5.82 Å². The van der Waals surface area contributed by atoms with Crippen molar-refractivity contribution in [2.75, 3.05) is 51.2 Å². The summed E-state index contributed by atoms with van der Waals surface area (Å²) in [6.45, 7) is 8.70. The smallest absolute Gasteiger partial charge is 0.128 e. The van der Waals surface area contributed by atoms with E-state index in [1.54, 1.807) is 13.1 Å². The van der Waals surface area contributed by atoms with Crippen LogP contribution in [0.15, 0.2) is 48.9 Å². The summed E-state index contributed by atoms with van der Waals surface area (Å²) in [6.07, 6.45) is 8.22. The van der Waals surface area contributed by atoms with Crippen LogP contribution in [0.25, 0.3) is 27.5 Å². The zero-order valence-electron chi connectivity index (χ0n) is 19.9. The van der Waals surface area contributed by atoms with Crippen LogP contribution in [0.1, 0.15) is 18.4 Å². The molecular formula is C27H31FN6. The standard InChI is InChI=1S/C27H31FN6/c1-19-15-23-22(5-8-29-26(23)16-25(19)28)24-17-30-34-18-21(3-4-27(24)34)32-9-6-20(7-10-32)33-13-11-31(2)12-14-33/h3-5,8,15-18,20H,6-7,9-14H2,1-2H3. The number of hydrogen-bond acceptors (Lipinski definition) is 5. The molecule has 7 heteroatoms. The number of likely N-dealkylation sites (N-methyl/N-ethyl adjacent to an activating group) is 1. The molecule has 0 saturated carbocycles. The average molecular weight is 459 g/mol. The monoisotopic (exact) mass is 458 g/mol. The fourth-order valence-corrected chi connectivity index (χ4v) is 5.55. The normalized spacial score (nSPS) is 18.9. The summed E-state index contributed by atoms with van der Waals surface area (Å²) in [4.78, 5) is 12.0. The fourth-order valence-electron chi connectivity index (χ4n) is 5.55. The molecule has 2 aliphatic heterocycles. The van der Waals surface area contributed by atoms with Crippen LogP contribution in [0.4, 0.5) is 10.1 Å². The highest BCUT2D eigenvalue weighted by Crippen LogP contribution is 2.33. The predicted molar refractivity (Wildman–Crippen MR) is 135 cm³/mol. The summed E-state index contributed by atoms with van der Waals surface area (Å²) in [5.41, 5.74) is 5.63. The molecule has 0 amide bonds. The van der Waals surface area contributed by atoms with Crippen molar-refractivity contribution in [1.82, 2.24) is 24.4 Å². The maximum Gasteiger partial charge on any atom is 0.128 e. The van der Waals surface area contributed by atoms with Gasteiger partial charge < -0.3 is 9.80 Å². The molecule has 6 nitrogen and oxygen atoms in total. The lowest BCUT2D eigenvalue weighted by molar-refractivity contribution is 0.0982. The van der Waals surface area contributed by atoms with Crippen LogP contribution < -0.4 is 4.90 Å². The van der Waals surface area contributed by atoms with Gasteiger partial charge >= 0.3 is 0 Å². The topological polar surface area (TPSA) is 39.9 Å². The second-order valence-electron chi connectivity index (χ2n) is 9.81. The number of piperidine rings is 1. The van der Waals surface area contributed by atoms with E-state index in [-0.39, 0.29) is 5.82 Å². The van der Waals surface area contributed by atoms with Gasteiger partial charge in [-0.05, 0) is 62.2 Å². The van der Waals surface area contributed by atoms with Crippen LogP contribution in [-0.2, 0) is 0 Å². The number of anilines is 1. The van der Waals surface area contributed by atoms with E-state index < -0.39 is 0 Å². The lowest BCUT2D eigenvalue weighted by Gasteiger charge is -2.42. The number of fused-ring (bicyclic) bond motifs is 2. The van der Waals surface area contributed by atoms with E-state index in [0.717, 1.165) is 35.1 Å². The maximum absolute atomic E-state index is 14.1. The highest BCUT2D eigenvalue weighted by Gasteiger charge is 2.27. The molecule has 2 saturated heterocycles. The summed E-state index contributed by atoms with van der Waals surface area (Å²) >= 11 is 0. The molecule has 5 heterocycles. The van der Waals surface area contributed by atoms with E-state index in [1.165, 1.54) is 50.8 Å². The fraction of sp³-hybridized carbons (Fsp3) is 0.407. The van der Waals surface area contributed by atoms with Crippen LogP contribution in [0.5, 0.6) is 0 Å². The maximum atomic E-state index is 14.1. The first-order chi connectivity index (χ1) is 16.6. The van der Waals surface area contributed by atoms with Crippen molar-refractivity contribution < 1.29 is 4.39 Å². The van der Waals surface area contributed by atoms with E-state index in [4.69, 9.17) is 0 Å². The van der Waals surface area contributed by atoms with Crippen LogP contribution in [0, 0.1) is 12.7 Å². The Hall–Kier alpha value is -3.03. The predicted octanol–water partition coefficient (Wildman–Crippen LogP) is 4.21. The van der Waals surface area contributed by atoms with Crippen molar-refractivity contribution in [3.8, 4) is 11.1 Å². The molecule has 0 bridgehead atoms. The van der Waals surface area contributed by atoms with Gasteiger partial charge in [0.25, 0.3) is 0 Å². The Kier molecular flexibility index (Phi) is 5.46. The lowest BCUT2D eigenvalue weighted by atomic mass is 10.0. The first kappa shape index (κ1) is 21.5. The van der Waals surface area contributed by atoms with Gasteiger partial charge in [-0.3, -0.25) is 9.88 Å². The van der Waals surface area contributed by atoms with E-state index in [9.17, 15) is 4.39 Å². The largest absolute Gasteiger partial charge is 0.370 e. The number of benzene rings is 1. The molecule has 34 heavy (non-hydrogen) atoms. The van der Waals surface area contributed by atoms with Crippen LogP contribution in [0.2, 0.25) is 0 Å². The molecule has 2 aliphatic rings. The summed E-state index contributed by atoms with van der Waals surface area (Å²) in [5, 5.41) is 5.63. The molecule has 176 valence electrons. The molecule has 2 fully saturated rings. The Balaban J connectivity index is 1.24. The quantitative estimate of drug-likeness (QED) is 0.460. The number of pyridine rings is 2. The number of piperazine rings is 1. The van der Waals surface area contributed by atoms with Crippen LogP contribution in [0.3, 0.4) is 0 Å². The second-order valence-corrected chi connectivity index (χ2v) is 9.81. The van der Waals surface area contributed by atoms with Gasteiger partial charge in [0.05, 0.1) is 29.1 Å². The highest BCUT2D eigenvalue weighted by molar-refractivity contribution is 5.98. The molecule has 0 N–H and O–H groups in total. The summed E-state index contributed by atoms with van der Waals surface area (Å²) in [6, 6.07) is 10.5. The van der Waals surface area contributed by atoms with E-state index in [2.05, 4.69) is 50.2 Å². The van der Waals surface area contributed by atoms with Crippen LogP contribution >= 0.6 is 0 Å². The third kappa shape index (κ3) is 3.83. The Morgan fingerprint density at radius 2 is 1.74 bits per heavy atom. The van der Waals surface area contributed by atoms with Gasteiger partial charge in [-0.2, -0.15) is 5.10 Å². The van der Waals surface area contributed by atoms with Crippen molar-refractivity contribution in [3.63, 3.8) is 0 Å². The molecule has 0 aliphatic carbocycles. The van der Waals surface area contributed by atoms with Gasteiger partial charge in [0, 0.05) is 68.5 Å². The number of nitrogens with zero attached hydrogens (tertiary/aromatic N) is 6. The summed E-state index contributed by atoms with van der Waals surface area (Å²) < 4.78 is 16.0. The van der Waals surface area contributed by atoms with E-state index in [1.807, 2.05) is 22.8 Å². The van der Waals surface area contributed by atoms with Gasteiger partial charge in [-0.25, -0.2) is 8.91 Å². The first-order valence-electron chi connectivity index (χ1n) is 12.3. The zero-order valence-corrected chi connectivity index (χ0v) is 19.9. The molecule has 1 aromatic carbocycles. The Morgan fingerprint density at radius 1 is 0.941 bits per heavy atom. The summed E-state index contributed by atoms with van der Waals surface area (Å²) in [7, 11) is 2.22. The van der Waals surface area contributed by atoms with E-state index >= 15 is 0 Å². The van der Waals surface area contributed by atoms with Crippen molar-refractivity contribution in [2.24, 2.45) is 0 Å². The van der Waals surface area contributed by atoms with Crippen molar-refractivity contribution in [1.29, 1.82) is 0 Å². The van der Waals surface area contributed by atoms with Gasteiger partial charge in [0.15, 0.2) is 0 Å².